The molecule has 0 fully saturated rings. The number of amides is 1. The Morgan fingerprint density at radius 3 is 2.13 bits per heavy atom. The predicted molar refractivity (Wildman–Crippen MR) is 112 cm³/mol. The molecule has 1 amide bonds. The van der Waals surface area contributed by atoms with E-state index in [1.807, 2.05) is 48.5 Å². The normalized spacial score (nSPS) is 13.7. The summed E-state index contributed by atoms with van der Waals surface area (Å²) in [6.45, 7) is 0.0681. The molecule has 2 N–H and O–H groups in total. The Hall–Kier alpha value is -3.07. The van der Waals surface area contributed by atoms with Gasteiger partial charge in [-0.2, -0.15) is 0 Å². The number of hydrogen-bond acceptors (Lipinski definition) is 4. The van der Waals surface area contributed by atoms with Crippen molar-refractivity contribution >= 4 is 12.1 Å². The second-order valence-corrected chi connectivity index (χ2v) is 8.38. The van der Waals surface area contributed by atoms with Crippen molar-refractivity contribution in [1.82, 2.24) is 3.11 Å². The average molecular weight is 531 g/mol. The summed E-state index contributed by atoms with van der Waals surface area (Å²) >= 11 is -1.63. The zero-order valence-corrected chi connectivity index (χ0v) is 18.6. The quantitative estimate of drug-likeness (QED) is 0.349. The second kappa shape index (κ2) is 8.97. The molecule has 3 aromatic rings. The molecule has 1 aliphatic carbocycles. The maximum atomic E-state index is 12.9. The summed E-state index contributed by atoms with van der Waals surface area (Å²) in [5.74, 6) is -1.27. The van der Waals surface area contributed by atoms with Crippen LogP contribution in [0.15, 0.2) is 72.8 Å². The van der Waals surface area contributed by atoms with Crippen molar-refractivity contribution in [3.63, 3.8) is 0 Å². The SMILES string of the molecule is [2H][I-]N(C(=O)OCC1c2ccccc2-c2ccccc21)[C@@H](Cc1ccc(O)cc1)C(=O)O. The summed E-state index contributed by atoms with van der Waals surface area (Å²) < 4.78 is 14.5. The van der Waals surface area contributed by atoms with Crippen LogP contribution in [0.1, 0.15) is 22.6 Å². The van der Waals surface area contributed by atoms with Crippen LogP contribution in [0.25, 0.3) is 11.1 Å². The van der Waals surface area contributed by atoms with E-state index in [4.69, 9.17) is 5.33 Å². The minimum absolute atomic E-state index is 0.0262. The molecule has 4 rings (SSSR count). The first-order chi connectivity index (χ1) is 15.5. The number of hydrogen-bond donors (Lipinski definition) is 2. The van der Waals surface area contributed by atoms with E-state index in [9.17, 15) is 19.8 Å². The molecule has 31 heavy (non-hydrogen) atoms. The van der Waals surface area contributed by atoms with Gasteiger partial charge in [0.05, 0.1) is 0 Å². The third kappa shape index (κ3) is 4.36. The average Bonchev–Trinajstić information content (AvgIpc) is 3.12. The summed E-state index contributed by atoms with van der Waals surface area (Å²) in [5, 5.41) is 19.1. The van der Waals surface area contributed by atoms with E-state index >= 15 is 0 Å². The monoisotopic (exact) mass is 531 g/mol. The van der Waals surface area contributed by atoms with E-state index in [-0.39, 0.29) is 24.7 Å². The van der Waals surface area contributed by atoms with Crippen molar-refractivity contribution in [1.29, 1.82) is 0.594 Å². The first-order valence-corrected chi connectivity index (χ1v) is 10.7. The van der Waals surface area contributed by atoms with E-state index in [1.54, 1.807) is 12.1 Å². The molecular formula is C24H21INO5-. The molecule has 3 aromatic carbocycles. The Morgan fingerprint density at radius 2 is 1.58 bits per heavy atom. The number of carbonyl (C=O) groups excluding carboxylic acids is 1. The van der Waals surface area contributed by atoms with Crippen LogP contribution in [0.2, 0.25) is 0 Å². The van der Waals surface area contributed by atoms with Crippen molar-refractivity contribution < 1.29 is 47.2 Å². The molecule has 6 nitrogen and oxygen atoms in total. The molecule has 1 atom stereocenters. The summed E-state index contributed by atoms with van der Waals surface area (Å²) in [6, 6.07) is 20.8. The molecule has 1 aliphatic rings. The van der Waals surface area contributed by atoms with Gasteiger partial charge in [-0.05, 0) is 0 Å². The fourth-order valence-corrected chi connectivity index (χ4v) is 4.48. The number of phenolic OH excluding ortho intramolecular Hbond substituents is 1. The number of aliphatic carboxylic acids is 1. The Kier molecular flexibility index (Phi) is 5.75. The van der Waals surface area contributed by atoms with E-state index in [0.29, 0.717) is 5.56 Å². The van der Waals surface area contributed by atoms with E-state index < -0.39 is 40.8 Å². The minimum atomic E-state index is -1.63. The van der Waals surface area contributed by atoms with Gasteiger partial charge in [0.15, 0.2) is 0 Å². The molecule has 0 saturated heterocycles. The van der Waals surface area contributed by atoms with Crippen LogP contribution < -0.4 is 22.7 Å². The van der Waals surface area contributed by atoms with Crippen LogP contribution in [-0.2, 0) is 16.0 Å². The molecule has 0 radical (unpaired) electrons. The topological polar surface area (TPSA) is 87.1 Å². The number of carbonyl (C=O) groups is 2. The van der Waals surface area contributed by atoms with Crippen molar-refractivity contribution in [3.05, 3.63) is 89.5 Å². The number of rotatable bonds is 7. The van der Waals surface area contributed by atoms with Crippen LogP contribution in [-0.4, -0.2) is 38.6 Å². The van der Waals surface area contributed by atoms with Crippen LogP contribution >= 0.6 is 0 Å². The maximum absolute atomic E-state index is 12.9. The molecule has 0 aromatic heterocycles. The molecule has 0 spiro atoms. The van der Waals surface area contributed by atoms with Gasteiger partial charge in [0, 0.05) is 0 Å². The summed E-state index contributed by atoms with van der Waals surface area (Å²) in [4.78, 5) is 24.8. The van der Waals surface area contributed by atoms with Crippen LogP contribution in [0.5, 0.6) is 5.75 Å². The van der Waals surface area contributed by atoms with Crippen LogP contribution in [0, 0.1) is 0 Å². The molecule has 0 bridgehead atoms. The van der Waals surface area contributed by atoms with Crippen molar-refractivity contribution in [2.75, 3.05) is 6.61 Å². The summed E-state index contributed by atoms with van der Waals surface area (Å²) in [5.41, 5.74) is 4.97. The number of fused-ring (bicyclic) bond motifs is 3. The first-order valence-electron chi connectivity index (χ1n) is 10.1. The van der Waals surface area contributed by atoms with Gasteiger partial charge in [-0.15, -0.1) is 0 Å². The van der Waals surface area contributed by atoms with Gasteiger partial charge >= 0.3 is 194 Å². The number of carboxylic acids is 1. The van der Waals surface area contributed by atoms with Crippen molar-refractivity contribution in [2.24, 2.45) is 0 Å². The number of benzene rings is 3. The van der Waals surface area contributed by atoms with Crippen molar-refractivity contribution in [2.45, 2.75) is 18.4 Å². The fourth-order valence-electron chi connectivity index (χ4n) is 3.90. The van der Waals surface area contributed by atoms with Gasteiger partial charge in [-0.3, -0.25) is 0 Å². The van der Waals surface area contributed by atoms with Gasteiger partial charge in [0.2, 0.25) is 0 Å². The molecular weight excluding hydrogens is 509 g/mol. The second-order valence-electron chi connectivity index (χ2n) is 7.34. The van der Waals surface area contributed by atoms with Gasteiger partial charge < -0.3 is 0 Å². The van der Waals surface area contributed by atoms with Gasteiger partial charge in [-0.1, -0.05) is 0 Å². The first kappa shape index (κ1) is 19.9. The molecule has 0 unspecified atom stereocenters. The number of aromatic hydroxyl groups is 1. The van der Waals surface area contributed by atoms with E-state index in [0.717, 1.165) is 25.4 Å². The van der Waals surface area contributed by atoms with E-state index in [2.05, 4.69) is 0 Å². The van der Waals surface area contributed by atoms with E-state index in [1.165, 1.54) is 12.1 Å². The number of nitrogens with zero attached hydrogens (tertiary/aromatic N) is 1. The number of phenols is 1. The Morgan fingerprint density at radius 1 is 1.00 bits per heavy atom. The van der Waals surface area contributed by atoms with Gasteiger partial charge in [0.1, 0.15) is 0 Å². The number of halogens is 1. The number of carboxylic acid groups (broad SMARTS) is 1. The molecule has 0 heterocycles. The molecule has 0 aliphatic heterocycles. The zero-order chi connectivity index (χ0) is 22.7. The predicted octanol–water partition coefficient (Wildman–Crippen LogP) is 0.840. The molecule has 160 valence electrons. The van der Waals surface area contributed by atoms with Gasteiger partial charge in [-0.25, -0.2) is 0 Å². The summed E-state index contributed by atoms with van der Waals surface area (Å²) in [7, 11) is 0. The van der Waals surface area contributed by atoms with Crippen LogP contribution in [0.4, 0.5) is 4.79 Å². The fraction of sp³-hybridized carbons (Fsp3) is 0.167. The third-order valence-electron chi connectivity index (χ3n) is 5.43. The Labute approximate surface area is 194 Å². The standard InChI is InChI=1S/C24H21INO5/c25-26(22(23(28)29)13-15-9-11-16(27)12-10-15)24(30)31-14-21-19-7-3-1-5-17(19)18-6-2-4-8-20(18)21/h1-12,21-22,25,27H,13-14H2,(H,28,29)/q-1/t22-/m0/s1/i25D. The third-order valence-corrected chi connectivity index (χ3v) is 6.50. The van der Waals surface area contributed by atoms with Gasteiger partial charge in [0.25, 0.3) is 0 Å². The zero-order valence-electron chi connectivity index (χ0n) is 17.4. The van der Waals surface area contributed by atoms with Crippen molar-refractivity contribution in [3.8, 4) is 16.9 Å². The Balaban J connectivity index is 1.50. The molecule has 0 saturated carbocycles. The molecule has 7 heteroatoms. The number of ether oxygens (including phenoxy) is 1. The summed E-state index contributed by atoms with van der Waals surface area (Å²) in [6.07, 6.45) is -0.765. The Bertz CT molecular complexity index is 1090. The van der Waals surface area contributed by atoms with Crippen LogP contribution in [0.3, 0.4) is 0 Å².